The third-order valence-electron chi connectivity index (χ3n) is 5.45. The number of aliphatic hydroxyl groups excluding tert-OH is 1. The van der Waals surface area contributed by atoms with Crippen LogP contribution in [0.25, 0.3) is 11.1 Å². The Morgan fingerprint density at radius 1 is 1.33 bits per heavy atom. The largest absolute Gasteiger partial charge is 0.395 e. The topological polar surface area (TPSA) is 87.3 Å². The summed E-state index contributed by atoms with van der Waals surface area (Å²) in [7, 11) is 1.94. The number of anilines is 1. The molecular weight excluding hydrogens is 349 g/mol. The van der Waals surface area contributed by atoms with Gasteiger partial charge in [0.05, 0.1) is 12.3 Å². The van der Waals surface area contributed by atoms with Gasteiger partial charge in [-0.2, -0.15) is 4.98 Å². The maximum atomic E-state index is 14.5. The number of rotatable bonds is 5. The summed E-state index contributed by atoms with van der Waals surface area (Å²) >= 11 is 0. The molecule has 2 aromatic heterocycles. The molecule has 3 heterocycles. The average Bonchev–Trinajstić information content (AvgIpc) is 3.21. The quantitative estimate of drug-likeness (QED) is 0.713. The molecule has 0 aliphatic carbocycles. The molecule has 3 atom stereocenters. The zero-order valence-corrected chi connectivity index (χ0v) is 15.3. The predicted octanol–water partition coefficient (Wildman–Crippen LogP) is 2.53. The van der Waals surface area contributed by atoms with E-state index in [1.165, 1.54) is 12.4 Å². The van der Waals surface area contributed by atoms with Crippen LogP contribution in [0.15, 0.2) is 35.1 Å². The lowest BCUT2D eigenvalue weighted by Gasteiger charge is -2.28. The number of likely N-dealkylation sites (tertiary alicyclic amines) is 1. The van der Waals surface area contributed by atoms with Gasteiger partial charge in [0.1, 0.15) is 23.3 Å². The summed E-state index contributed by atoms with van der Waals surface area (Å²) in [5.41, 5.74) is 1.81. The number of nitrogens with one attached hydrogen (secondary N) is 1. The van der Waals surface area contributed by atoms with Gasteiger partial charge in [-0.1, -0.05) is 23.4 Å². The van der Waals surface area contributed by atoms with E-state index in [4.69, 9.17) is 4.52 Å². The molecule has 7 nitrogen and oxygen atoms in total. The smallest absolute Gasteiger partial charge is 0.263 e. The number of halogens is 1. The van der Waals surface area contributed by atoms with E-state index in [0.29, 0.717) is 23.6 Å². The number of benzene rings is 1. The third-order valence-corrected chi connectivity index (χ3v) is 5.45. The summed E-state index contributed by atoms with van der Waals surface area (Å²) in [6.07, 6.45) is 2.19. The van der Waals surface area contributed by atoms with Gasteiger partial charge >= 0.3 is 0 Å². The summed E-state index contributed by atoms with van der Waals surface area (Å²) in [5, 5.41) is 17.8. The second-order valence-electron chi connectivity index (χ2n) is 7.02. The van der Waals surface area contributed by atoms with Crippen molar-refractivity contribution in [2.45, 2.75) is 25.4 Å². The van der Waals surface area contributed by atoms with Crippen LogP contribution in [0.2, 0.25) is 0 Å². The first kappa shape index (κ1) is 17.8. The number of aromatic nitrogens is 3. The van der Waals surface area contributed by atoms with Gasteiger partial charge in [0.15, 0.2) is 0 Å². The van der Waals surface area contributed by atoms with Crippen molar-refractivity contribution in [3.05, 3.63) is 47.7 Å². The highest BCUT2D eigenvalue weighted by Gasteiger charge is 2.40. The lowest BCUT2D eigenvalue weighted by molar-refractivity contribution is 0.152. The highest BCUT2D eigenvalue weighted by molar-refractivity contribution is 5.87. The van der Waals surface area contributed by atoms with Crippen LogP contribution < -0.4 is 5.32 Å². The molecule has 3 aromatic rings. The van der Waals surface area contributed by atoms with Crippen LogP contribution in [0.1, 0.15) is 23.7 Å². The highest BCUT2D eigenvalue weighted by Crippen LogP contribution is 2.40. The summed E-state index contributed by atoms with van der Waals surface area (Å²) in [6, 6.07) is 6.69. The van der Waals surface area contributed by atoms with Crippen LogP contribution >= 0.6 is 0 Å². The number of hydrogen-bond donors (Lipinski definition) is 2. The van der Waals surface area contributed by atoms with Gasteiger partial charge in [0.25, 0.3) is 5.71 Å². The summed E-state index contributed by atoms with van der Waals surface area (Å²) in [4.78, 5) is 10.5. The molecule has 1 aliphatic rings. The standard InChI is InChI=1S/C19H22FN5O2/c1-11-16-18(22-10-23-19(16)27-24-11)21-8-12-7-13(9-26)25(2)17(12)14-5-3-4-6-15(14)20/h3-6,10,12-13,17,26H,7-9H2,1-2H3,(H,21,22,23)/t12-,13+,17-/m0/s1. The minimum absolute atomic E-state index is 0.0100. The Morgan fingerprint density at radius 3 is 2.93 bits per heavy atom. The second kappa shape index (κ2) is 7.21. The summed E-state index contributed by atoms with van der Waals surface area (Å²) < 4.78 is 19.6. The normalized spacial score (nSPS) is 23.2. The Hall–Kier alpha value is -2.58. The lowest BCUT2D eigenvalue weighted by atomic mass is 9.92. The van der Waals surface area contributed by atoms with Crippen molar-refractivity contribution >= 4 is 16.9 Å². The van der Waals surface area contributed by atoms with Gasteiger partial charge < -0.3 is 14.9 Å². The van der Waals surface area contributed by atoms with E-state index in [1.807, 2.05) is 26.1 Å². The van der Waals surface area contributed by atoms with Crippen LogP contribution in [-0.4, -0.2) is 51.4 Å². The van der Waals surface area contributed by atoms with Crippen molar-refractivity contribution < 1.29 is 14.0 Å². The molecule has 0 saturated carbocycles. The molecule has 0 radical (unpaired) electrons. The van der Waals surface area contributed by atoms with E-state index in [1.54, 1.807) is 6.07 Å². The third kappa shape index (κ3) is 3.15. The molecule has 1 aromatic carbocycles. The number of hydrogen-bond acceptors (Lipinski definition) is 7. The lowest BCUT2D eigenvalue weighted by Crippen LogP contribution is -2.31. The Labute approximate surface area is 156 Å². The molecule has 1 aliphatic heterocycles. The molecule has 27 heavy (non-hydrogen) atoms. The van der Waals surface area contributed by atoms with Crippen LogP contribution in [0.5, 0.6) is 0 Å². The molecule has 2 N–H and O–H groups in total. The van der Waals surface area contributed by atoms with E-state index >= 15 is 0 Å². The van der Waals surface area contributed by atoms with E-state index < -0.39 is 0 Å². The molecular formula is C19H22FN5O2. The van der Waals surface area contributed by atoms with Gasteiger partial charge in [-0.15, -0.1) is 0 Å². The maximum Gasteiger partial charge on any atom is 0.263 e. The molecule has 4 rings (SSSR count). The molecule has 0 spiro atoms. The molecule has 8 heteroatoms. The SMILES string of the molecule is Cc1noc2ncnc(NC[C@@H]3C[C@H](CO)N(C)[C@@H]3c3ccccc3F)c12. The number of fused-ring (bicyclic) bond motifs is 1. The Kier molecular flexibility index (Phi) is 4.75. The van der Waals surface area contributed by atoms with Crippen molar-refractivity contribution in [1.82, 2.24) is 20.0 Å². The minimum Gasteiger partial charge on any atom is -0.395 e. The van der Waals surface area contributed by atoms with Crippen molar-refractivity contribution in [3.8, 4) is 0 Å². The summed E-state index contributed by atoms with van der Waals surface area (Å²) in [6.45, 7) is 2.46. The molecule has 0 bridgehead atoms. The zero-order chi connectivity index (χ0) is 19.0. The summed E-state index contributed by atoms with van der Waals surface area (Å²) in [5.74, 6) is 0.535. The number of likely N-dealkylation sites (N-methyl/N-ethyl adjacent to an activating group) is 1. The van der Waals surface area contributed by atoms with Gasteiger partial charge in [-0.25, -0.2) is 9.37 Å². The average molecular weight is 371 g/mol. The van der Waals surface area contributed by atoms with E-state index in [-0.39, 0.29) is 30.4 Å². The van der Waals surface area contributed by atoms with E-state index in [0.717, 1.165) is 17.5 Å². The van der Waals surface area contributed by atoms with Crippen LogP contribution in [0.3, 0.4) is 0 Å². The molecule has 1 fully saturated rings. The van der Waals surface area contributed by atoms with Gasteiger partial charge in [-0.3, -0.25) is 4.90 Å². The number of aryl methyl sites for hydroxylation is 1. The first-order valence-electron chi connectivity index (χ1n) is 8.98. The van der Waals surface area contributed by atoms with E-state index in [9.17, 15) is 9.50 Å². The van der Waals surface area contributed by atoms with Gasteiger partial charge in [0.2, 0.25) is 0 Å². The Morgan fingerprint density at radius 2 is 2.15 bits per heavy atom. The van der Waals surface area contributed by atoms with Crippen molar-refractivity contribution in [2.75, 3.05) is 25.5 Å². The first-order valence-corrected chi connectivity index (χ1v) is 8.98. The fourth-order valence-corrected chi connectivity index (χ4v) is 4.07. The van der Waals surface area contributed by atoms with Crippen molar-refractivity contribution in [3.63, 3.8) is 0 Å². The van der Waals surface area contributed by atoms with Crippen molar-refractivity contribution in [1.29, 1.82) is 0 Å². The van der Waals surface area contributed by atoms with Crippen molar-refractivity contribution in [2.24, 2.45) is 5.92 Å². The molecule has 142 valence electrons. The Balaban J connectivity index is 1.61. The highest BCUT2D eigenvalue weighted by atomic mass is 19.1. The Bertz CT molecular complexity index is 947. The maximum absolute atomic E-state index is 14.5. The molecule has 1 saturated heterocycles. The van der Waals surface area contributed by atoms with E-state index in [2.05, 4.69) is 25.3 Å². The fourth-order valence-electron chi connectivity index (χ4n) is 4.07. The second-order valence-corrected chi connectivity index (χ2v) is 7.02. The fraction of sp³-hybridized carbons (Fsp3) is 0.421. The van der Waals surface area contributed by atoms with Crippen LogP contribution in [-0.2, 0) is 0 Å². The number of nitrogens with zero attached hydrogens (tertiary/aromatic N) is 4. The van der Waals surface area contributed by atoms with Crippen LogP contribution in [0.4, 0.5) is 10.2 Å². The number of aliphatic hydroxyl groups is 1. The molecule has 0 amide bonds. The van der Waals surface area contributed by atoms with Gasteiger partial charge in [-0.05, 0) is 32.4 Å². The van der Waals surface area contributed by atoms with Crippen LogP contribution in [0, 0.1) is 18.7 Å². The minimum atomic E-state index is -0.225. The van der Waals surface area contributed by atoms with Gasteiger partial charge in [0, 0.05) is 24.2 Å². The first-order chi connectivity index (χ1) is 13.1. The predicted molar refractivity (Wildman–Crippen MR) is 98.7 cm³/mol. The zero-order valence-electron chi connectivity index (χ0n) is 15.3. The molecule has 0 unspecified atom stereocenters. The monoisotopic (exact) mass is 371 g/mol.